The molecule has 0 saturated heterocycles. The molecular weight excluding hydrogens is 164 g/mol. The maximum absolute atomic E-state index is 5.56. The fourth-order valence-corrected chi connectivity index (χ4v) is 1.52. The zero-order chi connectivity index (χ0) is 10.1. The number of aromatic nitrogens is 2. The predicted molar refractivity (Wildman–Crippen MR) is 54.5 cm³/mol. The largest absolute Gasteiger partial charge is 0.382 e. The number of likely N-dealkylation sites (N-methyl/N-ethyl adjacent to an activating group) is 1. The van der Waals surface area contributed by atoms with Crippen LogP contribution in [0.3, 0.4) is 0 Å². The minimum Gasteiger partial charge on any atom is -0.382 e. The number of rotatable bonds is 3. The molecule has 0 amide bonds. The van der Waals surface area contributed by atoms with Gasteiger partial charge in [-0.15, -0.1) is 0 Å². The van der Waals surface area contributed by atoms with Gasteiger partial charge in [0, 0.05) is 12.7 Å². The van der Waals surface area contributed by atoms with Gasteiger partial charge >= 0.3 is 0 Å². The average molecular weight is 182 g/mol. The van der Waals surface area contributed by atoms with Gasteiger partial charge < -0.3 is 15.2 Å². The molecule has 1 rings (SSSR count). The zero-order valence-electron chi connectivity index (χ0n) is 8.78. The Labute approximate surface area is 79.4 Å². The predicted octanol–water partition coefficient (Wildman–Crippen LogP) is 0.762. The highest BCUT2D eigenvalue weighted by molar-refractivity contribution is 5.23. The monoisotopic (exact) mass is 182 g/mol. The molecule has 0 spiro atoms. The van der Waals surface area contributed by atoms with E-state index in [1.807, 2.05) is 10.8 Å². The molecule has 0 unspecified atom stereocenters. The van der Waals surface area contributed by atoms with Gasteiger partial charge in [0.2, 0.25) is 0 Å². The smallest absolute Gasteiger partial charge is 0.141 e. The molecule has 74 valence electrons. The first-order valence-corrected chi connectivity index (χ1v) is 4.36. The lowest BCUT2D eigenvalue weighted by atomic mass is 10.1. The third-order valence-corrected chi connectivity index (χ3v) is 2.00. The minimum atomic E-state index is 0.0358. The van der Waals surface area contributed by atoms with Crippen LogP contribution >= 0.6 is 0 Å². The average Bonchev–Trinajstić information content (AvgIpc) is 2.32. The van der Waals surface area contributed by atoms with E-state index in [1.165, 1.54) is 0 Å². The van der Waals surface area contributed by atoms with Gasteiger partial charge in [0.05, 0.1) is 11.9 Å². The third-order valence-electron chi connectivity index (χ3n) is 2.00. The van der Waals surface area contributed by atoms with E-state index in [2.05, 4.69) is 37.8 Å². The number of imidazole rings is 1. The summed E-state index contributed by atoms with van der Waals surface area (Å²) in [5.41, 5.74) is 5.60. The van der Waals surface area contributed by atoms with Crippen LogP contribution in [0.15, 0.2) is 12.5 Å². The number of anilines is 1. The Hall–Kier alpha value is -1.03. The summed E-state index contributed by atoms with van der Waals surface area (Å²) >= 11 is 0. The Morgan fingerprint density at radius 2 is 2.15 bits per heavy atom. The van der Waals surface area contributed by atoms with Gasteiger partial charge in [-0.25, -0.2) is 4.98 Å². The molecule has 1 aromatic rings. The lowest BCUT2D eigenvalue weighted by molar-refractivity contribution is 0.241. The topological polar surface area (TPSA) is 47.1 Å². The lowest BCUT2D eigenvalue weighted by Gasteiger charge is -2.29. The van der Waals surface area contributed by atoms with E-state index in [0.29, 0.717) is 5.82 Å². The third kappa shape index (κ3) is 2.45. The van der Waals surface area contributed by atoms with Crippen LogP contribution in [-0.2, 0) is 5.54 Å². The molecule has 0 aliphatic heterocycles. The highest BCUT2D eigenvalue weighted by atomic mass is 15.2. The van der Waals surface area contributed by atoms with Crippen molar-refractivity contribution < 1.29 is 0 Å². The first-order chi connectivity index (χ1) is 5.92. The minimum absolute atomic E-state index is 0.0358. The lowest BCUT2D eigenvalue weighted by Crippen LogP contribution is -2.36. The number of nitrogens with two attached hydrogens (primary N) is 1. The van der Waals surface area contributed by atoms with Crippen molar-refractivity contribution in [2.24, 2.45) is 0 Å². The van der Waals surface area contributed by atoms with E-state index < -0.39 is 0 Å². The fraction of sp³-hybridized carbons (Fsp3) is 0.667. The maximum Gasteiger partial charge on any atom is 0.141 e. The summed E-state index contributed by atoms with van der Waals surface area (Å²) in [5.74, 6) is 0.576. The van der Waals surface area contributed by atoms with Crippen LogP contribution in [-0.4, -0.2) is 35.1 Å². The van der Waals surface area contributed by atoms with Gasteiger partial charge in [-0.2, -0.15) is 0 Å². The van der Waals surface area contributed by atoms with Crippen LogP contribution < -0.4 is 5.73 Å². The molecule has 1 aromatic heterocycles. The van der Waals surface area contributed by atoms with Gasteiger partial charge in [0.15, 0.2) is 0 Å². The van der Waals surface area contributed by atoms with Crippen LogP contribution in [0.1, 0.15) is 13.8 Å². The Balaban J connectivity index is 2.80. The van der Waals surface area contributed by atoms with E-state index in [0.717, 1.165) is 6.54 Å². The number of hydrogen-bond donors (Lipinski definition) is 1. The molecule has 0 aliphatic rings. The summed E-state index contributed by atoms with van der Waals surface area (Å²) < 4.78 is 2.04. The molecule has 0 bridgehead atoms. The number of nitrogen functional groups attached to an aromatic ring is 1. The van der Waals surface area contributed by atoms with E-state index in [4.69, 9.17) is 5.73 Å². The summed E-state index contributed by atoms with van der Waals surface area (Å²) in [6.07, 6.45) is 3.64. The fourth-order valence-electron chi connectivity index (χ4n) is 1.52. The molecule has 1 heterocycles. The molecule has 0 aromatic carbocycles. The van der Waals surface area contributed by atoms with E-state index in [1.54, 1.807) is 6.33 Å². The standard InChI is InChI=1S/C9H18N4/c1-9(2,6-12(3)4)13-5-8(10)11-7-13/h5,7H,6,10H2,1-4H3. The molecule has 4 nitrogen and oxygen atoms in total. The van der Waals surface area contributed by atoms with E-state index >= 15 is 0 Å². The molecule has 4 heteroatoms. The SMILES string of the molecule is CN(C)CC(C)(C)n1cnc(N)c1. The summed E-state index contributed by atoms with van der Waals surface area (Å²) in [6.45, 7) is 5.28. The van der Waals surface area contributed by atoms with Crippen molar-refractivity contribution in [3.8, 4) is 0 Å². The van der Waals surface area contributed by atoms with Crippen molar-refractivity contribution in [2.75, 3.05) is 26.4 Å². The second-order valence-corrected chi connectivity index (χ2v) is 4.26. The normalized spacial score (nSPS) is 12.4. The van der Waals surface area contributed by atoms with Gasteiger partial charge in [-0.3, -0.25) is 0 Å². The number of nitrogens with zero attached hydrogens (tertiary/aromatic N) is 3. The van der Waals surface area contributed by atoms with Crippen molar-refractivity contribution in [3.05, 3.63) is 12.5 Å². The Morgan fingerprint density at radius 3 is 2.54 bits per heavy atom. The first kappa shape index (κ1) is 10.1. The molecule has 2 N–H and O–H groups in total. The van der Waals surface area contributed by atoms with Crippen LogP contribution in [0.25, 0.3) is 0 Å². The summed E-state index contributed by atoms with van der Waals surface area (Å²) in [6, 6.07) is 0. The molecule has 0 saturated carbocycles. The molecule has 0 aliphatic carbocycles. The summed E-state index contributed by atoms with van der Waals surface area (Å²) in [4.78, 5) is 6.16. The van der Waals surface area contributed by atoms with Crippen molar-refractivity contribution in [2.45, 2.75) is 19.4 Å². The Bertz CT molecular complexity index is 275. The van der Waals surface area contributed by atoms with Crippen molar-refractivity contribution in [1.29, 1.82) is 0 Å². The van der Waals surface area contributed by atoms with Crippen LogP contribution in [0.4, 0.5) is 5.82 Å². The molecule has 0 fully saturated rings. The first-order valence-electron chi connectivity index (χ1n) is 4.36. The van der Waals surface area contributed by atoms with Crippen molar-refractivity contribution >= 4 is 5.82 Å². The Morgan fingerprint density at radius 1 is 1.54 bits per heavy atom. The second kappa shape index (κ2) is 3.38. The van der Waals surface area contributed by atoms with E-state index in [-0.39, 0.29) is 5.54 Å². The van der Waals surface area contributed by atoms with Crippen molar-refractivity contribution in [1.82, 2.24) is 14.5 Å². The molecule has 0 atom stereocenters. The van der Waals surface area contributed by atoms with Gasteiger partial charge in [0.25, 0.3) is 0 Å². The van der Waals surface area contributed by atoms with Crippen LogP contribution in [0.5, 0.6) is 0 Å². The van der Waals surface area contributed by atoms with Crippen LogP contribution in [0, 0.1) is 0 Å². The van der Waals surface area contributed by atoms with Gasteiger partial charge in [-0.05, 0) is 27.9 Å². The highest BCUT2D eigenvalue weighted by Gasteiger charge is 2.20. The quantitative estimate of drug-likeness (QED) is 0.750. The summed E-state index contributed by atoms with van der Waals surface area (Å²) in [7, 11) is 4.12. The highest BCUT2D eigenvalue weighted by Crippen LogP contribution is 2.16. The molecule has 0 radical (unpaired) electrons. The second-order valence-electron chi connectivity index (χ2n) is 4.26. The van der Waals surface area contributed by atoms with Gasteiger partial charge in [0.1, 0.15) is 5.82 Å². The van der Waals surface area contributed by atoms with Gasteiger partial charge in [-0.1, -0.05) is 0 Å². The number of hydrogen-bond acceptors (Lipinski definition) is 3. The Kier molecular flexibility index (Phi) is 2.61. The maximum atomic E-state index is 5.56. The molecular formula is C9H18N4. The summed E-state index contributed by atoms with van der Waals surface area (Å²) in [5, 5.41) is 0. The molecule has 13 heavy (non-hydrogen) atoms. The van der Waals surface area contributed by atoms with Crippen LogP contribution in [0.2, 0.25) is 0 Å². The van der Waals surface area contributed by atoms with E-state index in [9.17, 15) is 0 Å². The zero-order valence-corrected chi connectivity index (χ0v) is 8.78. The van der Waals surface area contributed by atoms with Crippen molar-refractivity contribution in [3.63, 3.8) is 0 Å².